The second-order valence-corrected chi connectivity index (χ2v) is 6.72. The van der Waals surface area contributed by atoms with Gasteiger partial charge in [0, 0.05) is 35.4 Å². The van der Waals surface area contributed by atoms with E-state index in [1.807, 2.05) is 42.5 Å². The first-order valence-corrected chi connectivity index (χ1v) is 8.85. The number of benzene rings is 2. The third kappa shape index (κ3) is 3.55. The molecule has 1 aromatic heterocycles. The van der Waals surface area contributed by atoms with Crippen LogP contribution in [-0.4, -0.2) is 40.0 Å². The fourth-order valence-electron chi connectivity index (χ4n) is 3.19. The Labute approximate surface area is 156 Å². The second-order valence-electron chi connectivity index (χ2n) is 6.28. The quantitative estimate of drug-likeness (QED) is 0.770. The largest absolute Gasteiger partial charge is 0.369 e. The maximum absolute atomic E-state index is 12.6. The SMILES string of the molecule is O=C(N[C@@H]1CCN(c2cccc(Cl)c2)C1)c1cccc(-n2ccnn2)c1. The van der Waals surface area contributed by atoms with E-state index in [-0.39, 0.29) is 11.9 Å². The summed E-state index contributed by atoms with van der Waals surface area (Å²) in [5.74, 6) is -0.0788. The van der Waals surface area contributed by atoms with E-state index in [1.54, 1.807) is 23.1 Å². The summed E-state index contributed by atoms with van der Waals surface area (Å²) < 4.78 is 1.63. The summed E-state index contributed by atoms with van der Waals surface area (Å²) in [7, 11) is 0. The standard InChI is InChI=1S/C19H18ClN5O/c20-15-4-2-5-17(12-15)24-9-7-16(13-24)22-19(26)14-3-1-6-18(11-14)25-10-8-21-23-25/h1-6,8,10-12,16H,7,9,13H2,(H,22,26)/t16-/m1/s1. The lowest BCUT2D eigenvalue weighted by Gasteiger charge is -2.19. The Hall–Kier alpha value is -2.86. The third-order valence-electron chi connectivity index (χ3n) is 4.49. The molecule has 6 nitrogen and oxygen atoms in total. The highest BCUT2D eigenvalue weighted by Crippen LogP contribution is 2.23. The molecule has 2 aromatic carbocycles. The van der Waals surface area contributed by atoms with Crippen LogP contribution in [0.5, 0.6) is 0 Å². The summed E-state index contributed by atoms with van der Waals surface area (Å²) in [5.41, 5.74) is 2.50. The maximum Gasteiger partial charge on any atom is 0.251 e. The molecule has 1 aliphatic rings. The van der Waals surface area contributed by atoms with E-state index >= 15 is 0 Å². The number of anilines is 1. The minimum atomic E-state index is -0.0788. The Morgan fingerprint density at radius 1 is 1.15 bits per heavy atom. The lowest BCUT2D eigenvalue weighted by atomic mass is 10.1. The van der Waals surface area contributed by atoms with E-state index in [0.717, 1.165) is 35.9 Å². The highest BCUT2D eigenvalue weighted by molar-refractivity contribution is 6.30. The van der Waals surface area contributed by atoms with Crippen molar-refractivity contribution >= 4 is 23.2 Å². The number of hydrogen-bond acceptors (Lipinski definition) is 4. The number of nitrogens with zero attached hydrogens (tertiary/aromatic N) is 4. The van der Waals surface area contributed by atoms with Crippen LogP contribution in [0.25, 0.3) is 5.69 Å². The number of halogens is 1. The van der Waals surface area contributed by atoms with E-state index in [4.69, 9.17) is 11.6 Å². The molecule has 26 heavy (non-hydrogen) atoms. The molecule has 1 aliphatic heterocycles. The van der Waals surface area contributed by atoms with Crippen molar-refractivity contribution in [3.05, 3.63) is 71.5 Å². The molecule has 4 rings (SSSR count). The minimum Gasteiger partial charge on any atom is -0.369 e. The van der Waals surface area contributed by atoms with Gasteiger partial charge in [0.2, 0.25) is 0 Å². The summed E-state index contributed by atoms with van der Waals surface area (Å²) in [6, 6.07) is 15.3. The number of carbonyl (C=O) groups excluding carboxylic acids is 1. The molecule has 1 fully saturated rings. The summed E-state index contributed by atoms with van der Waals surface area (Å²) in [6.07, 6.45) is 4.26. The number of rotatable bonds is 4. The number of carbonyl (C=O) groups is 1. The van der Waals surface area contributed by atoms with Gasteiger partial charge in [-0.2, -0.15) is 0 Å². The van der Waals surface area contributed by atoms with Crippen molar-refractivity contribution in [3.8, 4) is 5.69 Å². The summed E-state index contributed by atoms with van der Waals surface area (Å²) in [4.78, 5) is 14.9. The number of amides is 1. The van der Waals surface area contributed by atoms with Gasteiger partial charge in [-0.25, -0.2) is 4.68 Å². The first-order chi connectivity index (χ1) is 12.7. The van der Waals surface area contributed by atoms with Gasteiger partial charge < -0.3 is 10.2 Å². The van der Waals surface area contributed by atoms with Gasteiger partial charge in [-0.05, 0) is 42.8 Å². The van der Waals surface area contributed by atoms with Crippen LogP contribution < -0.4 is 10.2 Å². The molecular weight excluding hydrogens is 350 g/mol. The van der Waals surface area contributed by atoms with Gasteiger partial charge >= 0.3 is 0 Å². The van der Waals surface area contributed by atoms with Gasteiger partial charge in [0.1, 0.15) is 0 Å². The van der Waals surface area contributed by atoms with Crippen molar-refractivity contribution in [3.63, 3.8) is 0 Å². The predicted molar refractivity (Wildman–Crippen MR) is 101 cm³/mol. The Bertz CT molecular complexity index is 912. The normalized spacial score (nSPS) is 16.7. The van der Waals surface area contributed by atoms with E-state index in [9.17, 15) is 4.79 Å². The first-order valence-electron chi connectivity index (χ1n) is 8.47. The average molecular weight is 368 g/mol. The molecule has 0 radical (unpaired) electrons. The summed E-state index contributed by atoms with van der Waals surface area (Å²) in [5, 5.41) is 11.6. The van der Waals surface area contributed by atoms with Crippen molar-refractivity contribution in [2.45, 2.75) is 12.5 Å². The fourth-order valence-corrected chi connectivity index (χ4v) is 3.37. The highest BCUT2D eigenvalue weighted by Gasteiger charge is 2.24. The minimum absolute atomic E-state index is 0.0788. The highest BCUT2D eigenvalue weighted by atomic mass is 35.5. The average Bonchev–Trinajstić information content (AvgIpc) is 3.34. The van der Waals surface area contributed by atoms with Crippen LogP contribution >= 0.6 is 11.6 Å². The molecule has 0 saturated carbocycles. The van der Waals surface area contributed by atoms with Crippen LogP contribution in [0.15, 0.2) is 60.9 Å². The molecule has 0 bridgehead atoms. The van der Waals surface area contributed by atoms with Crippen LogP contribution in [0.2, 0.25) is 5.02 Å². The van der Waals surface area contributed by atoms with Gasteiger partial charge in [0.15, 0.2) is 0 Å². The molecule has 2 heterocycles. The van der Waals surface area contributed by atoms with Crippen LogP contribution in [-0.2, 0) is 0 Å². The van der Waals surface area contributed by atoms with Crippen LogP contribution in [0.1, 0.15) is 16.8 Å². The second kappa shape index (κ2) is 7.17. The maximum atomic E-state index is 12.6. The van der Waals surface area contributed by atoms with Crippen LogP contribution in [0.3, 0.4) is 0 Å². The van der Waals surface area contributed by atoms with Gasteiger partial charge in [-0.1, -0.05) is 28.9 Å². The lowest BCUT2D eigenvalue weighted by Crippen LogP contribution is -2.37. The molecule has 1 N–H and O–H groups in total. The fraction of sp³-hybridized carbons (Fsp3) is 0.211. The van der Waals surface area contributed by atoms with Crippen molar-refractivity contribution < 1.29 is 4.79 Å². The molecule has 0 unspecified atom stereocenters. The molecule has 7 heteroatoms. The van der Waals surface area contributed by atoms with Gasteiger partial charge in [0.25, 0.3) is 5.91 Å². The van der Waals surface area contributed by atoms with Gasteiger partial charge in [0.05, 0.1) is 18.1 Å². The van der Waals surface area contributed by atoms with Gasteiger partial charge in [-0.15, -0.1) is 5.10 Å². The Morgan fingerprint density at radius 2 is 2.00 bits per heavy atom. The van der Waals surface area contributed by atoms with E-state index in [2.05, 4.69) is 20.5 Å². The monoisotopic (exact) mass is 367 g/mol. The molecular formula is C19H18ClN5O. The van der Waals surface area contributed by atoms with E-state index in [0.29, 0.717) is 5.56 Å². The van der Waals surface area contributed by atoms with Crippen LogP contribution in [0, 0.1) is 0 Å². The third-order valence-corrected chi connectivity index (χ3v) is 4.73. The molecule has 132 valence electrons. The smallest absolute Gasteiger partial charge is 0.251 e. The first kappa shape index (κ1) is 16.6. The van der Waals surface area contributed by atoms with Crippen LogP contribution in [0.4, 0.5) is 5.69 Å². The van der Waals surface area contributed by atoms with E-state index < -0.39 is 0 Å². The van der Waals surface area contributed by atoms with Crippen molar-refractivity contribution in [2.75, 3.05) is 18.0 Å². The molecule has 1 atom stereocenters. The Balaban J connectivity index is 1.42. The predicted octanol–water partition coefficient (Wildman–Crippen LogP) is 2.93. The molecule has 1 saturated heterocycles. The topological polar surface area (TPSA) is 63.1 Å². The molecule has 1 amide bonds. The van der Waals surface area contributed by atoms with Crippen molar-refractivity contribution in [1.82, 2.24) is 20.3 Å². The zero-order valence-electron chi connectivity index (χ0n) is 14.0. The number of nitrogens with one attached hydrogen (secondary N) is 1. The number of hydrogen-bond donors (Lipinski definition) is 1. The molecule has 3 aromatic rings. The molecule has 0 spiro atoms. The zero-order chi connectivity index (χ0) is 17.9. The Kier molecular flexibility index (Phi) is 4.58. The Morgan fingerprint density at radius 3 is 2.81 bits per heavy atom. The summed E-state index contributed by atoms with van der Waals surface area (Å²) in [6.45, 7) is 1.67. The molecule has 0 aliphatic carbocycles. The van der Waals surface area contributed by atoms with Crippen molar-refractivity contribution in [1.29, 1.82) is 0 Å². The number of aromatic nitrogens is 3. The van der Waals surface area contributed by atoms with E-state index in [1.165, 1.54) is 0 Å². The van der Waals surface area contributed by atoms with Gasteiger partial charge in [-0.3, -0.25) is 4.79 Å². The zero-order valence-corrected chi connectivity index (χ0v) is 14.8. The lowest BCUT2D eigenvalue weighted by molar-refractivity contribution is 0.0940. The van der Waals surface area contributed by atoms with Crippen molar-refractivity contribution in [2.24, 2.45) is 0 Å². The summed E-state index contributed by atoms with van der Waals surface area (Å²) >= 11 is 6.07.